The van der Waals surface area contributed by atoms with Gasteiger partial charge in [0.1, 0.15) is 0 Å². The molecule has 3 nitrogen and oxygen atoms in total. The summed E-state index contributed by atoms with van der Waals surface area (Å²) < 4.78 is 0. The van der Waals surface area contributed by atoms with E-state index in [0.29, 0.717) is 5.92 Å². The number of nitrogens with one attached hydrogen (secondary N) is 1. The Morgan fingerprint density at radius 1 is 1.21 bits per heavy atom. The van der Waals surface area contributed by atoms with Crippen molar-refractivity contribution in [2.24, 2.45) is 11.7 Å². The molecule has 1 aromatic carbocycles. The Morgan fingerprint density at radius 2 is 1.79 bits per heavy atom. The van der Waals surface area contributed by atoms with E-state index in [1.165, 1.54) is 0 Å². The Morgan fingerprint density at radius 3 is 2.32 bits per heavy atom. The Kier molecular flexibility index (Phi) is 4.25. The largest absolute Gasteiger partial charge is 0.347 e. The minimum Gasteiger partial charge on any atom is -0.347 e. The fraction of sp³-hybridized carbons (Fsp3) is 0.562. The number of hydrogen-bond donors (Lipinski definition) is 2. The summed E-state index contributed by atoms with van der Waals surface area (Å²) in [7, 11) is 0. The third-order valence-electron chi connectivity index (χ3n) is 4.06. The molecule has 1 aliphatic carbocycles. The van der Waals surface area contributed by atoms with Crippen molar-refractivity contribution in [3.05, 3.63) is 35.9 Å². The highest BCUT2D eigenvalue weighted by Crippen LogP contribution is 2.29. The highest BCUT2D eigenvalue weighted by Gasteiger charge is 2.38. The number of carbonyl (C=O) groups excluding carboxylic acids is 1. The summed E-state index contributed by atoms with van der Waals surface area (Å²) in [5.74, 6) is 0.351. The fourth-order valence-corrected chi connectivity index (χ4v) is 2.81. The van der Waals surface area contributed by atoms with E-state index < -0.39 is 5.54 Å². The molecule has 0 heterocycles. The van der Waals surface area contributed by atoms with Crippen LogP contribution in [0.15, 0.2) is 30.3 Å². The van der Waals surface area contributed by atoms with Gasteiger partial charge in [-0.25, -0.2) is 0 Å². The van der Waals surface area contributed by atoms with E-state index in [4.69, 9.17) is 5.73 Å². The van der Waals surface area contributed by atoms with Crippen LogP contribution >= 0.6 is 0 Å². The summed E-state index contributed by atoms with van der Waals surface area (Å²) in [5, 5.41) is 3.15. The average Bonchev–Trinajstić information content (AvgIpc) is 2.84. The minimum atomic E-state index is -0.651. The van der Waals surface area contributed by atoms with Crippen LogP contribution in [0.2, 0.25) is 0 Å². The van der Waals surface area contributed by atoms with Gasteiger partial charge in [-0.05, 0) is 24.3 Å². The van der Waals surface area contributed by atoms with Crippen molar-refractivity contribution in [1.82, 2.24) is 5.32 Å². The molecule has 0 spiro atoms. The van der Waals surface area contributed by atoms with Gasteiger partial charge in [0.15, 0.2) is 0 Å². The molecular weight excluding hydrogens is 236 g/mol. The molecule has 0 saturated heterocycles. The topological polar surface area (TPSA) is 55.1 Å². The zero-order valence-electron chi connectivity index (χ0n) is 11.9. The molecule has 3 heteroatoms. The number of hydrogen-bond acceptors (Lipinski definition) is 2. The van der Waals surface area contributed by atoms with E-state index >= 15 is 0 Å². The Bertz CT molecular complexity index is 422. The lowest BCUT2D eigenvalue weighted by atomic mass is 9.92. The molecule has 1 unspecified atom stereocenters. The standard InChI is InChI=1S/C16H24N2O/c1-12(2)14(13-8-4-3-5-9-13)18-15(19)16(17)10-6-7-11-16/h3-5,8-9,12,14H,6-7,10-11,17H2,1-2H3,(H,18,19). The van der Waals surface area contributed by atoms with Crippen molar-refractivity contribution in [3.63, 3.8) is 0 Å². The maximum absolute atomic E-state index is 12.4. The Balaban J connectivity index is 2.11. The zero-order valence-corrected chi connectivity index (χ0v) is 11.9. The van der Waals surface area contributed by atoms with Crippen LogP contribution in [0.1, 0.15) is 51.1 Å². The van der Waals surface area contributed by atoms with Gasteiger partial charge in [0, 0.05) is 0 Å². The van der Waals surface area contributed by atoms with Gasteiger partial charge in [-0.3, -0.25) is 4.79 Å². The second kappa shape index (κ2) is 5.74. The van der Waals surface area contributed by atoms with Crippen LogP contribution in [0.5, 0.6) is 0 Å². The molecule has 0 aliphatic heterocycles. The van der Waals surface area contributed by atoms with Crippen molar-refractivity contribution in [3.8, 4) is 0 Å². The van der Waals surface area contributed by atoms with Crippen LogP contribution in [0.25, 0.3) is 0 Å². The molecule has 3 N–H and O–H groups in total. The van der Waals surface area contributed by atoms with Crippen LogP contribution in [-0.2, 0) is 4.79 Å². The molecule has 19 heavy (non-hydrogen) atoms. The second-order valence-corrected chi connectivity index (χ2v) is 5.97. The van der Waals surface area contributed by atoms with E-state index in [-0.39, 0.29) is 11.9 Å². The van der Waals surface area contributed by atoms with E-state index in [2.05, 4.69) is 31.3 Å². The molecule has 1 amide bonds. The molecule has 0 radical (unpaired) electrons. The summed E-state index contributed by atoms with van der Waals surface area (Å²) in [6.07, 6.45) is 3.72. The molecule has 0 bridgehead atoms. The number of carbonyl (C=O) groups is 1. The third kappa shape index (κ3) is 3.16. The molecule has 1 aliphatic rings. The van der Waals surface area contributed by atoms with Gasteiger partial charge in [0.2, 0.25) is 5.91 Å². The van der Waals surface area contributed by atoms with Crippen LogP contribution in [0, 0.1) is 5.92 Å². The van der Waals surface area contributed by atoms with E-state index in [1.54, 1.807) is 0 Å². The highest BCUT2D eigenvalue weighted by atomic mass is 16.2. The third-order valence-corrected chi connectivity index (χ3v) is 4.06. The van der Waals surface area contributed by atoms with Gasteiger partial charge in [-0.15, -0.1) is 0 Å². The van der Waals surface area contributed by atoms with Crippen molar-refractivity contribution in [2.45, 2.75) is 51.1 Å². The summed E-state index contributed by atoms with van der Waals surface area (Å²) in [4.78, 5) is 12.4. The normalized spacial score (nSPS) is 19.4. The van der Waals surface area contributed by atoms with Gasteiger partial charge in [-0.2, -0.15) is 0 Å². The lowest BCUT2D eigenvalue weighted by Gasteiger charge is -2.29. The lowest BCUT2D eigenvalue weighted by molar-refractivity contribution is -0.127. The molecule has 1 aromatic rings. The zero-order chi connectivity index (χ0) is 13.9. The summed E-state index contributed by atoms with van der Waals surface area (Å²) in [5.41, 5.74) is 6.71. The van der Waals surface area contributed by atoms with E-state index in [1.807, 2.05) is 18.2 Å². The van der Waals surface area contributed by atoms with Gasteiger partial charge < -0.3 is 11.1 Å². The maximum Gasteiger partial charge on any atom is 0.240 e. The van der Waals surface area contributed by atoms with Gasteiger partial charge in [0.05, 0.1) is 11.6 Å². The summed E-state index contributed by atoms with van der Waals surface area (Å²) >= 11 is 0. The summed E-state index contributed by atoms with van der Waals surface area (Å²) in [6.45, 7) is 4.24. The van der Waals surface area contributed by atoms with Gasteiger partial charge >= 0.3 is 0 Å². The first-order valence-electron chi connectivity index (χ1n) is 7.18. The maximum atomic E-state index is 12.4. The highest BCUT2D eigenvalue weighted by molar-refractivity contribution is 5.86. The Labute approximate surface area is 115 Å². The van der Waals surface area contributed by atoms with E-state index in [9.17, 15) is 4.79 Å². The van der Waals surface area contributed by atoms with E-state index in [0.717, 1.165) is 31.2 Å². The molecule has 1 atom stereocenters. The number of rotatable bonds is 4. The Hall–Kier alpha value is -1.35. The summed E-state index contributed by atoms with van der Waals surface area (Å²) in [6, 6.07) is 10.2. The monoisotopic (exact) mass is 260 g/mol. The smallest absolute Gasteiger partial charge is 0.240 e. The first-order chi connectivity index (χ1) is 9.03. The second-order valence-electron chi connectivity index (χ2n) is 5.97. The molecule has 1 fully saturated rings. The predicted octanol–water partition coefficient (Wildman–Crippen LogP) is 2.77. The van der Waals surface area contributed by atoms with Crippen molar-refractivity contribution in [2.75, 3.05) is 0 Å². The molecule has 0 aromatic heterocycles. The van der Waals surface area contributed by atoms with Crippen molar-refractivity contribution >= 4 is 5.91 Å². The molecule has 2 rings (SSSR count). The fourth-order valence-electron chi connectivity index (χ4n) is 2.81. The van der Waals surface area contributed by atoms with Crippen molar-refractivity contribution in [1.29, 1.82) is 0 Å². The van der Waals surface area contributed by atoms with Crippen LogP contribution in [0.3, 0.4) is 0 Å². The molecular formula is C16H24N2O. The number of amides is 1. The SMILES string of the molecule is CC(C)C(NC(=O)C1(N)CCCC1)c1ccccc1. The van der Waals surface area contributed by atoms with Crippen LogP contribution in [0.4, 0.5) is 0 Å². The molecule has 104 valence electrons. The molecule has 1 saturated carbocycles. The van der Waals surface area contributed by atoms with Gasteiger partial charge in [-0.1, -0.05) is 57.0 Å². The minimum absolute atomic E-state index is 0.00699. The average molecular weight is 260 g/mol. The number of nitrogens with two attached hydrogens (primary N) is 1. The van der Waals surface area contributed by atoms with Crippen molar-refractivity contribution < 1.29 is 4.79 Å². The predicted molar refractivity (Wildman–Crippen MR) is 77.6 cm³/mol. The quantitative estimate of drug-likeness (QED) is 0.874. The van der Waals surface area contributed by atoms with Crippen LogP contribution in [-0.4, -0.2) is 11.4 Å². The lowest BCUT2D eigenvalue weighted by Crippen LogP contribution is -2.53. The first-order valence-corrected chi connectivity index (χ1v) is 7.18. The van der Waals surface area contributed by atoms with Gasteiger partial charge in [0.25, 0.3) is 0 Å². The number of benzene rings is 1. The van der Waals surface area contributed by atoms with Crippen LogP contribution < -0.4 is 11.1 Å². The first kappa shape index (κ1) is 14.1.